The van der Waals surface area contributed by atoms with Crippen LogP contribution in [0.5, 0.6) is 5.75 Å². The van der Waals surface area contributed by atoms with Crippen molar-refractivity contribution in [1.82, 2.24) is 4.90 Å². The van der Waals surface area contributed by atoms with Crippen LogP contribution in [0.15, 0.2) is 53.0 Å². The van der Waals surface area contributed by atoms with E-state index in [0.29, 0.717) is 31.7 Å². The fourth-order valence-corrected chi connectivity index (χ4v) is 3.05. The minimum Gasteiger partial charge on any atom is -0.492 e. The number of hydrogen-bond acceptors (Lipinski definition) is 3. The standard InChI is InChI=1S/C21H23BrN2O2/c1-2-15-26-20-10-9-18(16-19(20)22)21(25)24(13-6-12-23)14-11-17-7-4-3-5-8-17/h3-5,7-10,16H,2,6,11,13-15H2,1H3. The molecular weight excluding hydrogens is 392 g/mol. The van der Waals surface area contributed by atoms with E-state index in [1.54, 1.807) is 17.0 Å². The second-order valence-electron chi connectivity index (χ2n) is 5.93. The molecule has 1 amide bonds. The van der Waals surface area contributed by atoms with Crippen LogP contribution in [0.4, 0.5) is 0 Å². The summed E-state index contributed by atoms with van der Waals surface area (Å²) in [5.41, 5.74) is 1.76. The monoisotopic (exact) mass is 414 g/mol. The molecule has 0 fully saturated rings. The van der Waals surface area contributed by atoms with Gasteiger partial charge in [-0.15, -0.1) is 0 Å². The second-order valence-corrected chi connectivity index (χ2v) is 6.78. The van der Waals surface area contributed by atoms with Gasteiger partial charge in [0, 0.05) is 18.7 Å². The van der Waals surface area contributed by atoms with Crippen molar-refractivity contribution < 1.29 is 9.53 Å². The highest BCUT2D eigenvalue weighted by atomic mass is 79.9. The number of hydrogen-bond donors (Lipinski definition) is 0. The van der Waals surface area contributed by atoms with Gasteiger partial charge in [-0.2, -0.15) is 5.26 Å². The Kier molecular flexibility index (Phi) is 8.17. The Morgan fingerprint density at radius 3 is 2.62 bits per heavy atom. The van der Waals surface area contributed by atoms with E-state index in [1.807, 2.05) is 43.3 Å². The fourth-order valence-electron chi connectivity index (χ4n) is 2.55. The van der Waals surface area contributed by atoms with Crippen LogP contribution < -0.4 is 4.74 Å². The van der Waals surface area contributed by atoms with Gasteiger partial charge in [-0.1, -0.05) is 37.3 Å². The minimum absolute atomic E-state index is 0.0704. The molecule has 0 radical (unpaired) electrons. The van der Waals surface area contributed by atoms with E-state index in [2.05, 4.69) is 22.0 Å². The number of benzene rings is 2. The van der Waals surface area contributed by atoms with Gasteiger partial charge >= 0.3 is 0 Å². The topological polar surface area (TPSA) is 53.3 Å². The van der Waals surface area contributed by atoms with Crippen LogP contribution in [-0.2, 0) is 6.42 Å². The smallest absolute Gasteiger partial charge is 0.253 e. The minimum atomic E-state index is -0.0704. The van der Waals surface area contributed by atoms with Crippen molar-refractivity contribution in [3.63, 3.8) is 0 Å². The molecule has 2 aromatic carbocycles. The lowest BCUT2D eigenvalue weighted by molar-refractivity contribution is 0.0760. The Morgan fingerprint density at radius 1 is 1.19 bits per heavy atom. The molecule has 0 atom stereocenters. The Labute approximate surface area is 163 Å². The summed E-state index contributed by atoms with van der Waals surface area (Å²) in [5, 5.41) is 8.90. The van der Waals surface area contributed by atoms with E-state index in [1.165, 1.54) is 5.56 Å². The summed E-state index contributed by atoms with van der Waals surface area (Å²) in [6, 6.07) is 17.5. The third kappa shape index (κ3) is 5.89. The van der Waals surface area contributed by atoms with Crippen molar-refractivity contribution in [1.29, 1.82) is 5.26 Å². The molecule has 0 unspecified atom stereocenters. The first-order valence-electron chi connectivity index (χ1n) is 8.78. The molecule has 0 aliphatic carbocycles. The van der Waals surface area contributed by atoms with Crippen LogP contribution in [0.3, 0.4) is 0 Å². The average Bonchev–Trinajstić information content (AvgIpc) is 2.67. The van der Waals surface area contributed by atoms with Gasteiger partial charge in [-0.25, -0.2) is 0 Å². The molecule has 0 saturated heterocycles. The molecule has 0 aromatic heterocycles. The predicted octanol–water partition coefficient (Wildman–Crippen LogP) is 4.84. The van der Waals surface area contributed by atoms with Gasteiger partial charge in [0.05, 0.1) is 23.6 Å². The van der Waals surface area contributed by atoms with Crippen molar-refractivity contribution in [2.24, 2.45) is 0 Å². The van der Waals surface area contributed by atoms with Gasteiger partial charge in [0.25, 0.3) is 5.91 Å². The van der Waals surface area contributed by atoms with Crippen LogP contribution >= 0.6 is 15.9 Å². The van der Waals surface area contributed by atoms with Crippen molar-refractivity contribution in [2.45, 2.75) is 26.2 Å². The van der Waals surface area contributed by atoms with Crippen LogP contribution in [-0.4, -0.2) is 30.5 Å². The molecule has 0 aliphatic heterocycles. The zero-order chi connectivity index (χ0) is 18.8. The maximum absolute atomic E-state index is 12.9. The van der Waals surface area contributed by atoms with Crippen LogP contribution in [0, 0.1) is 11.3 Å². The molecule has 0 spiro atoms. The van der Waals surface area contributed by atoms with Crippen LogP contribution in [0.25, 0.3) is 0 Å². The second kappa shape index (κ2) is 10.6. The summed E-state index contributed by atoms with van der Waals surface area (Å²) in [4.78, 5) is 14.6. The van der Waals surface area contributed by atoms with Gasteiger partial charge in [-0.05, 0) is 52.5 Å². The molecule has 2 rings (SSSR count). The molecule has 136 valence electrons. The zero-order valence-electron chi connectivity index (χ0n) is 15.0. The largest absolute Gasteiger partial charge is 0.492 e. The van der Waals surface area contributed by atoms with Gasteiger partial charge < -0.3 is 9.64 Å². The van der Waals surface area contributed by atoms with Gasteiger partial charge in [0.1, 0.15) is 5.75 Å². The molecule has 0 aliphatic rings. The van der Waals surface area contributed by atoms with E-state index >= 15 is 0 Å². The Balaban J connectivity index is 2.10. The maximum Gasteiger partial charge on any atom is 0.253 e. The first-order valence-corrected chi connectivity index (χ1v) is 9.57. The zero-order valence-corrected chi connectivity index (χ0v) is 16.5. The summed E-state index contributed by atoms with van der Waals surface area (Å²) in [6.07, 6.45) is 2.00. The summed E-state index contributed by atoms with van der Waals surface area (Å²) in [6.45, 7) is 3.69. The summed E-state index contributed by atoms with van der Waals surface area (Å²) >= 11 is 3.48. The van der Waals surface area contributed by atoms with E-state index in [-0.39, 0.29) is 5.91 Å². The van der Waals surface area contributed by atoms with Crippen molar-refractivity contribution >= 4 is 21.8 Å². The molecule has 4 nitrogen and oxygen atoms in total. The Hall–Kier alpha value is -2.32. The lowest BCUT2D eigenvalue weighted by Crippen LogP contribution is -2.33. The average molecular weight is 415 g/mol. The molecule has 26 heavy (non-hydrogen) atoms. The Morgan fingerprint density at radius 2 is 1.96 bits per heavy atom. The van der Waals surface area contributed by atoms with E-state index in [9.17, 15) is 4.79 Å². The third-order valence-corrected chi connectivity index (χ3v) is 4.55. The van der Waals surface area contributed by atoms with Crippen LogP contribution in [0.2, 0.25) is 0 Å². The number of carbonyl (C=O) groups excluding carboxylic acids is 1. The number of amides is 1. The number of carbonyl (C=O) groups is 1. The van der Waals surface area contributed by atoms with Crippen LogP contribution in [0.1, 0.15) is 35.7 Å². The first-order chi connectivity index (χ1) is 12.7. The lowest BCUT2D eigenvalue weighted by Gasteiger charge is -2.22. The molecule has 0 heterocycles. The number of halogens is 1. The van der Waals surface area contributed by atoms with Gasteiger partial charge in [0.2, 0.25) is 0 Å². The third-order valence-electron chi connectivity index (χ3n) is 3.93. The van der Waals surface area contributed by atoms with E-state index < -0.39 is 0 Å². The fraction of sp³-hybridized carbons (Fsp3) is 0.333. The number of ether oxygens (including phenoxy) is 1. The molecule has 0 saturated carbocycles. The SMILES string of the molecule is CCCOc1ccc(C(=O)N(CCC#N)CCc2ccccc2)cc1Br. The van der Waals surface area contributed by atoms with E-state index in [0.717, 1.165) is 23.1 Å². The summed E-state index contributed by atoms with van der Waals surface area (Å²) < 4.78 is 6.40. The predicted molar refractivity (Wildman–Crippen MR) is 106 cm³/mol. The van der Waals surface area contributed by atoms with E-state index in [4.69, 9.17) is 10.00 Å². The number of rotatable bonds is 9. The van der Waals surface area contributed by atoms with Crippen molar-refractivity contribution in [2.75, 3.05) is 19.7 Å². The normalized spacial score (nSPS) is 10.2. The molecule has 0 N–H and O–H groups in total. The van der Waals surface area contributed by atoms with Gasteiger partial charge in [0.15, 0.2) is 0 Å². The molecule has 5 heteroatoms. The number of nitriles is 1. The maximum atomic E-state index is 12.9. The van der Waals surface area contributed by atoms with Crippen molar-refractivity contribution in [3.8, 4) is 11.8 Å². The first kappa shape index (κ1) is 20.0. The summed E-state index contributed by atoms with van der Waals surface area (Å²) in [5.74, 6) is 0.662. The molecule has 0 bridgehead atoms. The molecular formula is C21H23BrN2O2. The van der Waals surface area contributed by atoms with Crippen molar-refractivity contribution in [3.05, 3.63) is 64.1 Å². The summed E-state index contributed by atoms with van der Waals surface area (Å²) in [7, 11) is 0. The number of nitrogens with zero attached hydrogens (tertiary/aromatic N) is 2. The lowest BCUT2D eigenvalue weighted by atomic mass is 10.1. The molecule has 2 aromatic rings. The highest BCUT2D eigenvalue weighted by Crippen LogP contribution is 2.26. The van der Waals surface area contributed by atoms with Gasteiger partial charge in [-0.3, -0.25) is 4.79 Å². The highest BCUT2D eigenvalue weighted by Gasteiger charge is 2.17. The Bertz CT molecular complexity index is 756. The quantitative estimate of drug-likeness (QED) is 0.589. The highest BCUT2D eigenvalue weighted by molar-refractivity contribution is 9.10.